The van der Waals surface area contributed by atoms with E-state index in [1.165, 1.54) is 28.9 Å². The number of hydrogen-bond acceptors (Lipinski definition) is 4. The quantitative estimate of drug-likeness (QED) is 0.777. The molecule has 0 radical (unpaired) electrons. The molecule has 3 heterocycles. The van der Waals surface area contributed by atoms with E-state index in [1.807, 2.05) is 0 Å². The zero-order chi connectivity index (χ0) is 17.6. The standard InChI is InChI=1S/C18H22N4O2S/c1-21-10-14(15-5-3-4-6-16(15)21)12-22-8-7-13(11-22)18-17(9-19-20-18)25(2,23)24/h3-6,9-10,13H,7-8,11-12H2,1-2H3,(H,19,20)/t13-/m1/s1. The minimum atomic E-state index is -3.25. The first kappa shape index (κ1) is 16.4. The fraction of sp³-hybridized carbons (Fsp3) is 0.389. The van der Waals surface area contributed by atoms with Crippen molar-refractivity contribution in [3.8, 4) is 0 Å². The number of fused-ring (bicyclic) bond motifs is 1. The molecule has 0 bridgehead atoms. The van der Waals surface area contributed by atoms with Gasteiger partial charge in [-0.3, -0.25) is 10.00 Å². The van der Waals surface area contributed by atoms with Crippen LogP contribution in [0, 0.1) is 0 Å². The molecule has 6 nitrogen and oxygen atoms in total. The minimum absolute atomic E-state index is 0.183. The normalized spacial score (nSPS) is 19.0. The van der Waals surface area contributed by atoms with Crippen molar-refractivity contribution < 1.29 is 8.42 Å². The summed E-state index contributed by atoms with van der Waals surface area (Å²) < 4.78 is 26.0. The lowest BCUT2D eigenvalue weighted by atomic mass is 10.1. The van der Waals surface area contributed by atoms with E-state index in [0.717, 1.165) is 31.7 Å². The predicted molar refractivity (Wildman–Crippen MR) is 97.3 cm³/mol. The SMILES string of the molecule is Cn1cc(CN2CC[C@@H](c3[nH]ncc3S(C)(=O)=O)C2)c2ccccc21. The van der Waals surface area contributed by atoms with Gasteiger partial charge in [-0.2, -0.15) is 5.10 Å². The zero-order valence-electron chi connectivity index (χ0n) is 14.4. The maximum absolute atomic E-state index is 11.9. The number of sulfone groups is 1. The van der Waals surface area contributed by atoms with Gasteiger partial charge < -0.3 is 4.57 Å². The number of hydrogen-bond donors (Lipinski definition) is 1. The summed E-state index contributed by atoms with van der Waals surface area (Å²) in [5.41, 5.74) is 3.30. The largest absolute Gasteiger partial charge is 0.350 e. The first-order valence-corrected chi connectivity index (χ1v) is 10.3. The van der Waals surface area contributed by atoms with Crippen LogP contribution in [0.5, 0.6) is 0 Å². The summed E-state index contributed by atoms with van der Waals surface area (Å²) in [4.78, 5) is 2.73. The first-order chi connectivity index (χ1) is 11.9. The summed E-state index contributed by atoms with van der Waals surface area (Å²) in [6.45, 7) is 2.67. The molecule has 1 atom stereocenters. The molecule has 1 aliphatic rings. The van der Waals surface area contributed by atoms with E-state index in [2.05, 4.69) is 57.2 Å². The molecule has 1 aromatic carbocycles. The topological polar surface area (TPSA) is 71.0 Å². The van der Waals surface area contributed by atoms with Crippen LogP contribution < -0.4 is 0 Å². The Kier molecular flexibility index (Phi) is 3.92. The summed E-state index contributed by atoms with van der Waals surface area (Å²) in [5, 5.41) is 8.16. The molecule has 0 saturated carbocycles. The number of nitrogens with zero attached hydrogens (tertiary/aromatic N) is 3. The van der Waals surface area contributed by atoms with E-state index in [4.69, 9.17) is 0 Å². The molecule has 4 rings (SSSR count). The average molecular weight is 358 g/mol. The lowest BCUT2D eigenvalue weighted by Gasteiger charge is -2.15. The van der Waals surface area contributed by atoms with Gasteiger partial charge in [-0.1, -0.05) is 18.2 Å². The van der Waals surface area contributed by atoms with Crippen molar-refractivity contribution in [1.29, 1.82) is 0 Å². The number of benzene rings is 1. The van der Waals surface area contributed by atoms with E-state index >= 15 is 0 Å². The van der Waals surface area contributed by atoms with E-state index in [1.54, 1.807) is 0 Å². The molecule has 25 heavy (non-hydrogen) atoms. The molecule has 1 N–H and O–H groups in total. The highest BCUT2D eigenvalue weighted by Crippen LogP contribution is 2.32. The maximum atomic E-state index is 11.9. The van der Waals surface area contributed by atoms with E-state index in [0.29, 0.717) is 4.90 Å². The highest BCUT2D eigenvalue weighted by Gasteiger charge is 2.30. The number of H-pyrrole nitrogens is 1. The van der Waals surface area contributed by atoms with Gasteiger partial charge in [0.2, 0.25) is 0 Å². The van der Waals surface area contributed by atoms with Gasteiger partial charge >= 0.3 is 0 Å². The second-order valence-electron chi connectivity index (χ2n) is 6.92. The average Bonchev–Trinajstić information content (AvgIpc) is 3.27. The van der Waals surface area contributed by atoms with Crippen LogP contribution in [0.1, 0.15) is 23.6 Å². The molecule has 132 valence electrons. The second kappa shape index (κ2) is 6.00. The van der Waals surface area contributed by atoms with Crippen molar-refractivity contribution >= 4 is 20.7 Å². The Balaban J connectivity index is 1.54. The molecule has 0 aliphatic carbocycles. The van der Waals surface area contributed by atoms with Gasteiger partial charge in [0.15, 0.2) is 9.84 Å². The van der Waals surface area contributed by atoms with E-state index in [9.17, 15) is 8.42 Å². The van der Waals surface area contributed by atoms with Crippen molar-refractivity contribution in [1.82, 2.24) is 19.7 Å². The number of nitrogens with one attached hydrogen (secondary N) is 1. The van der Waals surface area contributed by atoms with Gasteiger partial charge in [0.05, 0.1) is 11.9 Å². The number of aryl methyl sites for hydroxylation is 1. The minimum Gasteiger partial charge on any atom is -0.350 e. The van der Waals surface area contributed by atoms with Crippen LogP contribution in [0.3, 0.4) is 0 Å². The van der Waals surface area contributed by atoms with Crippen molar-refractivity contribution in [2.75, 3.05) is 19.3 Å². The van der Waals surface area contributed by atoms with Gasteiger partial charge in [0.25, 0.3) is 0 Å². The number of aromatic amines is 1. The Morgan fingerprint density at radius 1 is 1.32 bits per heavy atom. The fourth-order valence-corrected chi connectivity index (χ4v) is 4.73. The van der Waals surface area contributed by atoms with Crippen molar-refractivity contribution in [2.24, 2.45) is 7.05 Å². The predicted octanol–water partition coefficient (Wildman–Crippen LogP) is 2.29. The van der Waals surface area contributed by atoms with Crippen LogP contribution in [0.4, 0.5) is 0 Å². The lowest BCUT2D eigenvalue weighted by molar-refractivity contribution is 0.327. The molecule has 0 amide bonds. The van der Waals surface area contributed by atoms with Crippen LogP contribution in [-0.2, 0) is 23.4 Å². The number of rotatable bonds is 4. The highest BCUT2D eigenvalue weighted by atomic mass is 32.2. The molecule has 0 spiro atoms. The number of para-hydroxylation sites is 1. The first-order valence-electron chi connectivity index (χ1n) is 8.42. The lowest BCUT2D eigenvalue weighted by Crippen LogP contribution is -2.20. The third kappa shape index (κ3) is 2.98. The van der Waals surface area contributed by atoms with Gasteiger partial charge in [0, 0.05) is 49.4 Å². The molecule has 7 heteroatoms. The van der Waals surface area contributed by atoms with Crippen LogP contribution in [-0.4, -0.2) is 47.4 Å². The Labute approximate surface area is 147 Å². The van der Waals surface area contributed by atoms with Crippen LogP contribution in [0.15, 0.2) is 41.6 Å². The van der Waals surface area contributed by atoms with Gasteiger partial charge in [-0.15, -0.1) is 0 Å². The molecular formula is C18H22N4O2S. The fourth-order valence-electron chi connectivity index (χ4n) is 3.88. The van der Waals surface area contributed by atoms with Gasteiger partial charge in [-0.25, -0.2) is 8.42 Å². The van der Waals surface area contributed by atoms with Crippen molar-refractivity contribution in [3.05, 3.63) is 47.9 Å². The number of likely N-dealkylation sites (tertiary alicyclic amines) is 1. The van der Waals surface area contributed by atoms with Gasteiger partial charge in [0.1, 0.15) is 4.90 Å². The molecule has 0 unspecified atom stereocenters. The molecule has 2 aromatic heterocycles. The summed E-state index contributed by atoms with van der Waals surface area (Å²) in [6, 6.07) is 8.42. The van der Waals surface area contributed by atoms with Crippen LogP contribution in [0.25, 0.3) is 10.9 Å². The second-order valence-corrected chi connectivity index (χ2v) is 8.91. The van der Waals surface area contributed by atoms with E-state index in [-0.39, 0.29) is 5.92 Å². The molecule has 1 saturated heterocycles. The number of aromatic nitrogens is 3. The Morgan fingerprint density at radius 3 is 2.92 bits per heavy atom. The summed E-state index contributed by atoms with van der Waals surface area (Å²) >= 11 is 0. The smallest absolute Gasteiger partial charge is 0.178 e. The Morgan fingerprint density at radius 2 is 2.12 bits per heavy atom. The third-order valence-electron chi connectivity index (χ3n) is 5.09. The highest BCUT2D eigenvalue weighted by molar-refractivity contribution is 7.90. The Bertz CT molecular complexity index is 1020. The molecule has 1 fully saturated rings. The monoisotopic (exact) mass is 358 g/mol. The maximum Gasteiger partial charge on any atom is 0.178 e. The summed E-state index contributed by atoms with van der Waals surface area (Å²) in [7, 11) is -1.17. The zero-order valence-corrected chi connectivity index (χ0v) is 15.3. The van der Waals surface area contributed by atoms with Crippen molar-refractivity contribution in [3.63, 3.8) is 0 Å². The van der Waals surface area contributed by atoms with E-state index < -0.39 is 9.84 Å². The summed E-state index contributed by atoms with van der Waals surface area (Å²) in [6.07, 6.45) is 5.80. The van der Waals surface area contributed by atoms with Crippen molar-refractivity contribution in [2.45, 2.75) is 23.8 Å². The third-order valence-corrected chi connectivity index (χ3v) is 6.21. The molecule has 1 aliphatic heterocycles. The van der Waals surface area contributed by atoms with Gasteiger partial charge in [-0.05, 0) is 24.6 Å². The molecule has 3 aromatic rings. The summed E-state index contributed by atoms with van der Waals surface area (Å²) in [5.74, 6) is 0.183. The van der Waals surface area contributed by atoms with Crippen LogP contribution >= 0.6 is 0 Å². The van der Waals surface area contributed by atoms with Crippen LogP contribution in [0.2, 0.25) is 0 Å². The Hall–Kier alpha value is -2.12. The molecular weight excluding hydrogens is 336 g/mol.